The van der Waals surface area contributed by atoms with Crippen molar-refractivity contribution in [3.05, 3.63) is 28.9 Å². The van der Waals surface area contributed by atoms with Crippen LogP contribution in [0.4, 0.5) is 4.79 Å². The van der Waals surface area contributed by atoms with Gasteiger partial charge in [-0.25, -0.2) is 9.78 Å². The zero-order valence-corrected chi connectivity index (χ0v) is 19.9. The normalized spacial score (nSPS) is 16.8. The number of fused-ring (bicyclic) bond motifs is 1. The number of ether oxygens (including phenoxy) is 3. The van der Waals surface area contributed by atoms with Crippen LogP contribution in [0.25, 0.3) is 10.8 Å². The molecule has 0 radical (unpaired) electrons. The summed E-state index contributed by atoms with van der Waals surface area (Å²) < 4.78 is 17.5. The Morgan fingerprint density at radius 3 is 2.59 bits per heavy atom. The molecule has 2 heterocycles. The van der Waals surface area contributed by atoms with Crippen molar-refractivity contribution in [3.63, 3.8) is 0 Å². The lowest BCUT2D eigenvalue weighted by molar-refractivity contribution is 0.00743. The molecule has 2 amide bonds. The van der Waals surface area contributed by atoms with Gasteiger partial charge in [-0.15, -0.1) is 0 Å². The number of carbonyl (C=O) groups is 2. The molecule has 1 aliphatic heterocycles. The number of hydrogen-bond acceptors (Lipinski definition) is 6. The highest BCUT2D eigenvalue weighted by atomic mass is 35.5. The lowest BCUT2D eigenvalue weighted by Gasteiger charge is -2.34. The van der Waals surface area contributed by atoms with Crippen LogP contribution in [0.2, 0.25) is 5.02 Å². The Hall–Kier alpha value is -2.74. The molecule has 1 aromatic carbocycles. The first-order valence-corrected chi connectivity index (χ1v) is 11.1. The third-order valence-electron chi connectivity index (χ3n) is 4.84. The van der Waals surface area contributed by atoms with Crippen molar-refractivity contribution in [3.8, 4) is 11.6 Å². The van der Waals surface area contributed by atoms with Crippen LogP contribution in [-0.2, 0) is 4.74 Å². The molecule has 0 spiro atoms. The summed E-state index contributed by atoms with van der Waals surface area (Å²) in [6.45, 7) is 10.2. The number of likely N-dealkylation sites (tertiary alicyclic amines) is 1. The summed E-state index contributed by atoms with van der Waals surface area (Å²) in [5.41, 5.74) is 5.22. The second-order valence-corrected chi connectivity index (χ2v) is 9.55. The van der Waals surface area contributed by atoms with Gasteiger partial charge >= 0.3 is 6.09 Å². The summed E-state index contributed by atoms with van der Waals surface area (Å²) >= 11 is 6.35. The summed E-state index contributed by atoms with van der Waals surface area (Å²) in [5.74, 6) is 0.0798. The molecule has 3 rings (SSSR count). The van der Waals surface area contributed by atoms with Crippen molar-refractivity contribution >= 4 is 34.4 Å². The minimum absolute atomic E-state index is 0.164. The molecule has 1 aliphatic rings. The number of hydrogen-bond donors (Lipinski definition) is 1. The molecule has 0 aliphatic carbocycles. The first kappa shape index (κ1) is 23.9. The van der Waals surface area contributed by atoms with Crippen LogP contribution in [0.15, 0.2) is 18.3 Å². The largest absolute Gasteiger partial charge is 0.490 e. The van der Waals surface area contributed by atoms with E-state index in [2.05, 4.69) is 4.98 Å². The predicted molar refractivity (Wildman–Crippen MR) is 122 cm³/mol. The number of carbonyl (C=O) groups excluding carboxylic acids is 2. The molecule has 2 aromatic rings. The van der Waals surface area contributed by atoms with E-state index in [1.54, 1.807) is 17.0 Å². The Bertz CT molecular complexity index is 1020. The lowest BCUT2D eigenvalue weighted by atomic mass is 10.1. The van der Waals surface area contributed by atoms with E-state index in [0.717, 1.165) is 12.8 Å². The van der Waals surface area contributed by atoms with Gasteiger partial charge in [0, 0.05) is 17.3 Å². The lowest BCUT2D eigenvalue weighted by Crippen LogP contribution is -2.46. The molecule has 1 aromatic heterocycles. The van der Waals surface area contributed by atoms with Crippen molar-refractivity contribution in [2.75, 3.05) is 13.1 Å². The third kappa shape index (κ3) is 5.73. The van der Waals surface area contributed by atoms with Crippen molar-refractivity contribution in [1.29, 1.82) is 0 Å². The maximum Gasteiger partial charge on any atom is 0.410 e. The molecular weight excluding hydrogens is 434 g/mol. The van der Waals surface area contributed by atoms with Crippen LogP contribution in [-0.4, -0.2) is 52.8 Å². The summed E-state index contributed by atoms with van der Waals surface area (Å²) in [6, 6.07) is 3.28. The van der Waals surface area contributed by atoms with Crippen LogP contribution in [0.3, 0.4) is 0 Å². The van der Waals surface area contributed by atoms with Gasteiger partial charge in [0.05, 0.1) is 29.4 Å². The number of nitrogens with two attached hydrogens (primary N) is 1. The standard InChI is InChI=1S/C23H30ClN3O5/c1-13(2)30-19-10-16-15(9-17(19)20(25)28)18(24)11-26-21(16)31-14-7-6-8-27(12-14)22(29)32-23(3,4)5/h9-11,13-14H,6-8,12H2,1-5H3,(H2,25,28)/t14-/m1/s1. The summed E-state index contributed by atoms with van der Waals surface area (Å²) in [6.07, 6.45) is 2.23. The maximum absolute atomic E-state index is 12.5. The van der Waals surface area contributed by atoms with E-state index in [1.165, 1.54) is 6.20 Å². The number of piperidine rings is 1. The predicted octanol–water partition coefficient (Wildman–Crippen LogP) is 4.55. The second kappa shape index (κ2) is 9.40. The maximum atomic E-state index is 12.5. The first-order chi connectivity index (χ1) is 14.9. The van der Waals surface area contributed by atoms with Gasteiger partial charge in [-0.3, -0.25) is 4.79 Å². The highest BCUT2D eigenvalue weighted by molar-refractivity contribution is 6.35. The van der Waals surface area contributed by atoms with Gasteiger partial charge in [0.15, 0.2) is 0 Å². The molecule has 2 N–H and O–H groups in total. The molecule has 1 fully saturated rings. The van der Waals surface area contributed by atoms with Crippen LogP contribution in [0.5, 0.6) is 11.6 Å². The van der Waals surface area contributed by atoms with Crippen molar-refractivity contribution < 1.29 is 23.8 Å². The van der Waals surface area contributed by atoms with Crippen LogP contribution >= 0.6 is 11.6 Å². The molecule has 1 saturated heterocycles. The summed E-state index contributed by atoms with van der Waals surface area (Å²) in [4.78, 5) is 30.4. The molecule has 0 unspecified atom stereocenters. The van der Waals surface area contributed by atoms with E-state index in [9.17, 15) is 9.59 Å². The number of nitrogens with zero attached hydrogens (tertiary/aromatic N) is 2. The highest BCUT2D eigenvalue weighted by Gasteiger charge is 2.29. The minimum atomic E-state index is -0.613. The Morgan fingerprint density at radius 2 is 1.97 bits per heavy atom. The number of amides is 2. The number of aromatic nitrogens is 1. The molecule has 1 atom stereocenters. The van der Waals surface area contributed by atoms with Gasteiger partial charge in [-0.05, 0) is 59.6 Å². The monoisotopic (exact) mass is 463 g/mol. The zero-order valence-electron chi connectivity index (χ0n) is 19.1. The van der Waals surface area contributed by atoms with Crippen molar-refractivity contribution in [1.82, 2.24) is 9.88 Å². The minimum Gasteiger partial charge on any atom is -0.490 e. The van der Waals surface area contributed by atoms with Gasteiger partial charge < -0.3 is 24.8 Å². The first-order valence-electron chi connectivity index (χ1n) is 10.7. The third-order valence-corrected chi connectivity index (χ3v) is 5.14. The fourth-order valence-corrected chi connectivity index (χ4v) is 3.74. The smallest absolute Gasteiger partial charge is 0.410 e. The van der Waals surface area contributed by atoms with Gasteiger partial charge in [-0.1, -0.05) is 11.6 Å². The molecule has 0 saturated carbocycles. The molecule has 0 bridgehead atoms. The highest BCUT2D eigenvalue weighted by Crippen LogP contribution is 2.36. The summed E-state index contributed by atoms with van der Waals surface area (Å²) in [5, 5.41) is 1.55. The van der Waals surface area contributed by atoms with E-state index < -0.39 is 11.5 Å². The van der Waals surface area contributed by atoms with Gasteiger partial charge in [-0.2, -0.15) is 0 Å². The topological polar surface area (TPSA) is 104 Å². The fraction of sp³-hybridized carbons (Fsp3) is 0.522. The number of benzene rings is 1. The Kier molecular flexibility index (Phi) is 7.03. The van der Waals surface area contributed by atoms with Crippen LogP contribution in [0.1, 0.15) is 57.8 Å². The molecule has 9 heteroatoms. The van der Waals surface area contributed by atoms with Crippen LogP contribution in [0, 0.1) is 0 Å². The molecule has 174 valence electrons. The number of pyridine rings is 1. The van der Waals surface area contributed by atoms with Crippen molar-refractivity contribution in [2.45, 2.75) is 65.3 Å². The Morgan fingerprint density at radius 1 is 1.25 bits per heavy atom. The average molecular weight is 464 g/mol. The SMILES string of the molecule is CC(C)Oc1cc2c(O[C@@H]3CCCN(C(=O)OC(C)(C)C)C3)ncc(Cl)c2cc1C(N)=O. The molecule has 8 nitrogen and oxygen atoms in total. The van der Waals surface area contributed by atoms with E-state index in [-0.39, 0.29) is 23.9 Å². The van der Waals surface area contributed by atoms with Gasteiger partial charge in [0.2, 0.25) is 5.88 Å². The number of rotatable bonds is 5. The van der Waals surface area contributed by atoms with E-state index in [4.69, 9.17) is 31.5 Å². The molecule has 32 heavy (non-hydrogen) atoms. The van der Waals surface area contributed by atoms with Gasteiger partial charge in [0.25, 0.3) is 5.91 Å². The fourth-order valence-electron chi connectivity index (χ4n) is 3.53. The Labute approximate surface area is 193 Å². The van der Waals surface area contributed by atoms with E-state index >= 15 is 0 Å². The van der Waals surface area contributed by atoms with Crippen LogP contribution < -0.4 is 15.2 Å². The van der Waals surface area contributed by atoms with E-state index in [0.29, 0.717) is 40.5 Å². The zero-order chi connectivity index (χ0) is 23.6. The van der Waals surface area contributed by atoms with Gasteiger partial charge in [0.1, 0.15) is 17.5 Å². The Balaban J connectivity index is 1.90. The average Bonchev–Trinajstić information content (AvgIpc) is 2.68. The number of halogens is 1. The molecular formula is C23H30ClN3O5. The second-order valence-electron chi connectivity index (χ2n) is 9.14. The van der Waals surface area contributed by atoms with Crippen molar-refractivity contribution in [2.24, 2.45) is 5.73 Å². The quantitative estimate of drug-likeness (QED) is 0.697. The van der Waals surface area contributed by atoms with E-state index in [1.807, 2.05) is 34.6 Å². The number of primary amides is 1. The summed E-state index contributed by atoms with van der Waals surface area (Å²) in [7, 11) is 0.